The van der Waals surface area contributed by atoms with Gasteiger partial charge in [-0.1, -0.05) is 6.92 Å². The van der Waals surface area contributed by atoms with Gasteiger partial charge in [-0.2, -0.15) is 17.4 Å². The van der Waals surface area contributed by atoms with Crippen molar-refractivity contribution in [2.75, 3.05) is 39.8 Å². The molecule has 7 heteroatoms. The Morgan fingerprint density at radius 2 is 2.00 bits per heavy atom. The molecule has 1 unspecified atom stereocenters. The maximum Gasteiger partial charge on any atom is 0.279 e. The first-order valence-electron chi connectivity index (χ1n) is 6.47. The number of hydrogen-bond acceptors (Lipinski definition) is 4. The van der Waals surface area contributed by atoms with Crippen LogP contribution in [0.25, 0.3) is 0 Å². The van der Waals surface area contributed by atoms with Gasteiger partial charge in [-0.05, 0) is 33.4 Å². The topological polar surface area (TPSA) is 70.7 Å². The zero-order valence-electron chi connectivity index (χ0n) is 11.9. The Labute approximate surface area is 111 Å². The summed E-state index contributed by atoms with van der Waals surface area (Å²) in [4.78, 5) is 0. The minimum absolute atomic E-state index is 0.111. The van der Waals surface area contributed by atoms with Gasteiger partial charge in [0.05, 0.1) is 6.10 Å². The Kier molecular flexibility index (Phi) is 9.57. The first-order chi connectivity index (χ1) is 8.44. The van der Waals surface area contributed by atoms with Crippen LogP contribution in [0.2, 0.25) is 0 Å². The minimum Gasteiger partial charge on any atom is -0.377 e. The van der Waals surface area contributed by atoms with Crippen LogP contribution in [0.4, 0.5) is 0 Å². The van der Waals surface area contributed by atoms with Crippen LogP contribution in [0.3, 0.4) is 0 Å². The summed E-state index contributed by atoms with van der Waals surface area (Å²) in [5.74, 6) is 0. The molecule has 0 fully saturated rings. The quantitative estimate of drug-likeness (QED) is 0.530. The van der Waals surface area contributed by atoms with Crippen molar-refractivity contribution in [2.24, 2.45) is 0 Å². The number of rotatable bonds is 11. The third-order valence-electron chi connectivity index (χ3n) is 2.49. The van der Waals surface area contributed by atoms with E-state index in [1.807, 2.05) is 20.8 Å². The zero-order valence-corrected chi connectivity index (χ0v) is 12.7. The molecule has 0 rings (SSSR count). The molecule has 0 saturated carbocycles. The van der Waals surface area contributed by atoms with Crippen LogP contribution in [0.5, 0.6) is 0 Å². The van der Waals surface area contributed by atoms with E-state index in [-0.39, 0.29) is 6.10 Å². The number of hydrogen-bond donors (Lipinski definition) is 2. The van der Waals surface area contributed by atoms with Crippen molar-refractivity contribution in [2.45, 2.75) is 33.3 Å². The van der Waals surface area contributed by atoms with E-state index in [4.69, 9.17) is 4.74 Å². The highest BCUT2D eigenvalue weighted by Crippen LogP contribution is 1.97. The van der Waals surface area contributed by atoms with Gasteiger partial charge >= 0.3 is 0 Å². The lowest BCUT2D eigenvalue weighted by atomic mass is 10.4. The molecule has 0 aromatic rings. The predicted molar refractivity (Wildman–Crippen MR) is 73.8 cm³/mol. The summed E-state index contributed by atoms with van der Waals surface area (Å²) in [5, 5.41) is 3.16. The van der Waals surface area contributed by atoms with Gasteiger partial charge in [0.2, 0.25) is 0 Å². The molecule has 0 saturated heterocycles. The Balaban J connectivity index is 3.95. The largest absolute Gasteiger partial charge is 0.377 e. The van der Waals surface area contributed by atoms with E-state index in [0.717, 1.165) is 19.5 Å². The fourth-order valence-corrected chi connectivity index (χ4v) is 2.44. The Morgan fingerprint density at radius 1 is 1.33 bits per heavy atom. The Bertz CT molecular complexity index is 296. The van der Waals surface area contributed by atoms with Crippen LogP contribution >= 0.6 is 0 Å². The van der Waals surface area contributed by atoms with E-state index < -0.39 is 10.2 Å². The molecule has 0 heterocycles. The molecule has 0 radical (unpaired) electrons. The molecule has 0 aliphatic rings. The SMILES string of the molecule is CCNCCCN(C)S(=O)(=O)NCC(C)OCC. The van der Waals surface area contributed by atoms with Gasteiger partial charge in [-0.15, -0.1) is 0 Å². The molecule has 18 heavy (non-hydrogen) atoms. The molecule has 6 nitrogen and oxygen atoms in total. The lowest BCUT2D eigenvalue weighted by Gasteiger charge is -2.19. The molecular formula is C11H27N3O3S. The van der Waals surface area contributed by atoms with Gasteiger partial charge in [-0.3, -0.25) is 0 Å². The molecular weight excluding hydrogens is 254 g/mol. The first-order valence-corrected chi connectivity index (χ1v) is 7.91. The van der Waals surface area contributed by atoms with Gasteiger partial charge in [-0.25, -0.2) is 0 Å². The highest BCUT2D eigenvalue weighted by atomic mass is 32.2. The van der Waals surface area contributed by atoms with Crippen molar-refractivity contribution in [3.05, 3.63) is 0 Å². The van der Waals surface area contributed by atoms with Gasteiger partial charge in [0, 0.05) is 26.7 Å². The van der Waals surface area contributed by atoms with Crippen LogP contribution in [-0.2, 0) is 14.9 Å². The van der Waals surface area contributed by atoms with Gasteiger partial charge in [0.15, 0.2) is 0 Å². The molecule has 0 aromatic heterocycles. The molecule has 2 N–H and O–H groups in total. The molecule has 0 amide bonds. The molecule has 0 bridgehead atoms. The second-order valence-corrected chi connectivity index (χ2v) is 6.01. The highest BCUT2D eigenvalue weighted by Gasteiger charge is 2.17. The summed E-state index contributed by atoms with van der Waals surface area (Å²) < 4.78 is 32.8. The van der Waals surface area contributed by atoms with Crippen LogP contribution in [-0.4, -0.2) is 58.7 Å². The molecule has 1 atom stereocenters. The van der Waals surface area contributed by atoms with Gasteiger partial charge < -0.3 is 10.1 Å². The van der Waals surface area contributed by atoms with E-state index in [9.17, 15) is 8.42 Å². The second kappa shape index (κ2) is 9.69. The monoisotopic (exact) mass is 281 g/mol. The fraction of sp³-hybridized carbons (Fsp3) is 1.00. The summed E-state index contributed by atoms with van der Waals surface area (Å²) in [6, 6.07) is 0. The van der Waals surface area contributed by atoms with Crippen LogP contribution in [0, 0.1) is 0 Å². The van der Waals surface area contributed by atoms with Crippen molar-refractivity contribution < 1.29 is 13.2 Å². The summed E-state index contributed by atoms with van der Waals surface area (Å²) in [7, 11) is -1.80. The van der Waals surface area contributed by atoms with Crippen LogP contribution < -0.4 is 10.0 Å². The summed E-state index contributed by atoms with van der Waals surface area (Å²) >= 11 is 0. The molecule has 0 aromatic carbocycles. The van der Waals surface area contributed by atoms with E-state index in [0.29, 0.717) is 19.7 Å². The zero-order chi connectivity index (χ0) is 14.0. The third kappa shape index (κ3) is 7.99. The van der Waals surface area contributed by atoms with E-state index in [2.05, 4.69) is 10.0 Å². The number of nitrogens with zero attached hydrogens (tertiary/aromatic N) is 1. The fourth-order valence-electron chi connectivity index (χ4n) is 1.40. The predicted octanol–water partition coefficient (Wildman–Crippen LogP) is 0.177. The second-order valence-electron chi connectivity index (χ2n) is 4.15. The van der Waals surface area contributed by atoms with E-state index in [1.54, 1.807) is 7.05 Å². The average Bonchev–Trinajstić information content (AvgIpc) is 2.32. The van der Waals surface area contributed by atoms with Crippen molar-refractivity contribution in [3.8, 4) is 0 Å². The average molecular weight is 281 g/mol. The Hall–Kier alpha value is -0.210. The lowest BCUT2D eigenvalue weighted by molar-refractivity contribution is 0.0797. The highest BCUT2D eigenvalue weighted by molar-refractivity contribution is 7.87. The number of ether oxygens (including phenoxy) is 1. The summed E-state index contributed by atoms with van der Waals surface area (Å²) in [5.41, 5.74) is 0. The maximum absolute atomic E-state index is 11.8. The smallest absolute Gasteiger partial charge is 0.279 e. The van der Waals surface area contributed by atoms with E-state index in [1.165, 1.54) is 4.31 Å². The minimum atomic E-state index is -3.39. The van der Waals surface area contributed by atoms with Gasteiger partial charge in [0.1, 0.15) is 0 Å². The lowest BCUT2D eigenvalue weighted by Crippen LogP contribution is -2.42. The third-order valence-corrected chi connectivity index (χ3v) is 4.03. The van der Waals surface area contributed by atoms with Gasteiger partial charge in [0.25, 0.3) is 10.2 Å². The molecule has 0 aliphatic heterocycles. The Morgan fingerprint density at radius 3 is 2.56 bits per heavy atom. The normalized spacial score (nSPS) is 14.1. The van der Waals surface area contributed by atoms with Crippen LogP contribution in [0.15, 0.2) is 0 Å². The number of nitrogens with one attached hydrogen (secondary N) is 2. The summed E-state index contributed by atoms with van der Waals surface area (Å²) in [6.45, 7) is 8.87. The molecule has 110 valence electrons. The van der Waals surface area contributed by atoms with Crippen molar-refractivity contribution in [1.29, 1.82) is 0 Å². The van der Waals surface area contributed by atoms with Crippen molar-refractivity contribution >= 4 is 10.2 Å². The summed E-state index contributed by atoms with van der Waals surface area (Å²) in [6.07, 6.45) is 0.687. The first kappa shape index (κ1) is 17.8. The maximum atomic E-state index is 11.8. The standard InChI is InChI=1S/C11H27N3O3S/c1-5-12-8-7-9-14(4)18(15,16)13-10-11(3)17-6-2/h11-13H,5-10H2,1-4H3. The van der Waals surface area contributed by atoms with E-state index >= 15 is 0 Å². The molecule has 0 aliphatic carbocycles. The van der Waals surface area contributed by atoms with Crippen molar-refractivity contribution in [3.63, 3.8) is 0 Å². The van der Waals surface area contributed by atoms with Crippen molar-refractivity contribution in [1.82, 2.24) is 14.3 Å². The van der Waals surface area contributed by atoms with Crippen LogP contribution in [0.1, 0.15) is 27.2 Å². The molecule has 0 spiro atoms.